The lowest BCUT2D eigenvalue weighted by atomic mass is 9.67. The molecule has 1 aliphatic carbocycles. The summed E-state index contributed by atoms with van der Waals surface area (Å²) in [6, 6.07) is 116. The molecule has 0 saturated heterocycles. The molecule has 0 fully saturated rings. The summed E-state index contributed by atoms with van der Waals surface area (Å²) < 4.78 is 4.80. The van der Waals surface area contributed by atoms with E-state index in [0.717, 1.165) is 5.69 Å². The molecule has 0 radical (unpaired) electrons. The predicted octanol–water partition coefficient (Wildman–Crippen LogP) is 20.6. The van der Waals surface area contributed by atoms with E-state index >= 15 is 0 Å². The first-order valence-electron chi connectivity index (χ1n) is 28.1. The highest BCUT2D eigenvalue weighted by Crippen LogP contribution is 2.56. The summed E-state index contributed by atoms with van der Waals surface area (Å²) in [6.45, 7) is 0. The zero-order valence-corrected chi connectivity index (χ0v) is 44.4. The zero-order valence-electron chi connectivity index (χ0n) is 44.4. The third-order valence-electron chi connectivity index (χ3n) is 17.2. The Morgan fingerprint density at radius 3 is 1.11 bits per heavy atom. The second-order valence-corrected chi connectivity index (χ2v) is 21.6. The molecule has 0 atom stereocenters. The van der Waals surface area contributed by atoms with Crippen molar-refractivity contribution in [2.45, 2.75) is 5.41 Å². The Kier molecular flexibility index (Phi) is 10.8. The second kappa shape index (κ2) is 18.8. The molecule has 378 valence electrons. The van der Waals surface area contributed by atoms with Crippen molar-refractivity contribution in [1.82, 2.24) is 9.13 Å². The molecule has 2 aromatic heterocycles. The molecule has 2 nitrogen and oxygen atoms in total. The molecule has 81 heavy (non-hydrogen) atoms. The fraction of sp³-hybridized carbons (Fsp3) is 0.0127. The number of para-hydroxylation sites is 3. The Bertz CT molecular complexity index is 4840. The lowest BCUT2D eigenvalue weighted by molar-refractivity contribution is 0.769. The molecule has 0 N–H and O–H groups in total. The van der Waals surface area contributed by atoms with Crippen LogP contribution in [-0.4, -0.2) is 9.13 Å². The van der Waals surface area contributed by atoms with Crippen molar-refractivity contribution in [2.24, 2.45) is 0 Å². The summed E-state index contributed by atoms with van der Waals surface area (Å²) in [7, 11) is 0. The molecule has 1 aliphatic rings. The van der Waals surface area contributed by atoms with Gasteiger partial charge in [0.1, 0.15) is 0 Å². The number of fused-ring (bicyclic) bond motifs is 9. The van der Waals surface area contributed by atoms with Gasteiger partial charge >= 0.3 is 0 Å². The lowest BCUT2D eigenvalue weighted by Gasteiger charge is -2.34. The number of benzene rings is 13. The molecule has 2 heteroatoms. The van der Waals surface area contributed by atoms with E-state index in [1.54, 1.807) is 0 Å². The normalized spacial score (nSPS) is 12.5. The molecule has 2 heterocycles. The van der Waals surface area contributed by atoms with Crippen molar-refractivity contribution in [3.63, 3.8) is 0 Å². The number of hydrogen-bond acceptors (Lipinski definition) is 0. The average Bonchev–Trinajstić information content (AvgIpc) is 4.37. The largest absolute Gasteiger partial charge is 0.309 e. The Morgan fingerprint density at radius 1 is 0.198 bits per heavy atom. The van der Waals surface area contributed by atoms with Gasteiger partial charge in [-0.1, -0.05) is 249 Å². The second-order valence-electron chi connectivity index (χ2n) is 21.6. The Hall–Kier alpha value is -10.5. The van der Waals surface area contributed by atoms with Crippen LogP contribution in [0.15, 0.2) is 315 Å². The van der Waals surface area contributed by atoms with Crippen LogP contribution in [0.3, 0.4) is 0 Å². The van der Waals surface area contributed by atoms with Crippen LogP contribution in [0.2, 0.25) is 0 Å². The molecular formula is C79H52N2. The molecule has 15 aromatic rings. The van der Waals surface area contributed by atoms with Gasteiger partial charge < -0.3 is 9.13 Å². The van der Waals surface area contributed by atoms with E-state index in [1.807, 2.05) is 0 Å². The minimum absolute atomic E-state index is 0.488. The highest BCUT2D eigenvalue weighted by Gasteiger charge is 2.46. The fourth-order valence-corrected chi connectivity index (χ4v) is 13.5. The van der Waals surface area contributed by atoms with Crippen LogP contribution < -0.4 is 0 Å². The van der Waals surface area contributed by atoms with E-state index in [-0.39, 0.29) is 0 Å². The van der Waals surface area contributed by atoms with Gasteiger partial charge in [0.2, 0.25) is 0 Å². The number of hydrogen-bond donors (Lipinski definition) is 0. The van der Waals surface area contributed by atoms with Gasteiger partial charge in [0.05, 0.1) is 27.5 Å². The monoisotopic (exact) mass is 1030 g/mol. The van der Waals surface area contributed by atoms with Gasteiger partial charge in [-0.3, -0.25) is 0 Å². The summed E-state index contributed by atoms with van der Waals surface area (Å²) >= 11 is 0. The number of aromatic nitrogens is 2. The van der Waals surface area contributed by atoms with Gasteiger partial charge in [0, 0.05) is 32.9 Å². The topological polar surface area (TPSA) is 9.86 Å². The van der Waals surface area contributed by atoms with Crippen molar-refractivity contribution in [3.05, 3.63) is 338 Å². The third-order valence-corrected chi connectivity index (χ3v) is 17.2. The molecule has 0 bridgehead atoms. The minimum atomic E-state index is -0.488. The van der Waals surface area contributed by atoms with Crippen molar-refractivity contribution in [3.8, 4) is 78.1 Å². The van der Waals surface area contributed by atoms with E-state index in [0.29, 0.717) is 0 Å². The SMILES string of the molecule is c1ccc(-c2ccc(C3(c4cccc(-c5ccc(-c6ccc(-c7cccc(-n8c9ccccc9c9cc(-c%10ccc%11c(c%10)c%10ccccc%10n%11-c%10ccccc%10)ccc98)c7)cc6)cc5)c4)c4ccccc4-c4ccccc43)cc2)cc1. The van der Waals surface area contributed by atoms with Crippen LogP contribution in [0.4, 0.5) is 0 Å². The molecular weight excluding hydrogens is 977 g/mol. The van der Waals surface area contributed by atoms with Crippen LogP contribution in [0.1, 0.15) is 22.3 Å². The Labute approximate surface area is 471 Å². The quantitative estimate of drug-likeness (QED) is 0.136. The van der Waals surface area contributed by atoms with Crippen LogP contribution in [0.25, 0.3) is 122 Å². The summed E-state index contributed by atoms with van der Waals surface area (Å²) in [5.74, 6) is 0. The smallest absolute Gasteiger partial charge is 0.0713 e. The first-order valence-corrected chi connectivity index (χ1v) is 28.1. The Morgan fingerprint density at radius 2 is 0.556 bits per heavy atom. The molecule has 0 amide bonds. The number of nitrogens with zero attached hydrogens (tertiary/aromatic N) is 2. The van der Waals surface area contributed by atoms with Gasteiger partial charge in [0.15, 0.2) is 0 Å². The van der Waals surface area contributed by atoms with E-state index in [1.165, 1.54) is 138 Å². The van der Waals surface area contributed by atoms with Crippen LogP contribution in [0.5, 0.6) is 0 Å². The molecule has 0 spiro atoms. The summed E-state index contributed by atoms with van der Waals surface area (Å²) in [5, 5.41) is 4.99. The summed E-state index contributed by atoms with van der Waals surface area (Å²) in [4.78, 5) is 0. The predicted molar refractivity (Wildman–Crippen MR) is 340 cm³/mol. The fourth-order valence-electron chi connectivity index (χ4n) is 13.5. The molecule has 0 saturated carbocycles. The average molecular weight is 1030 g/mol. The standard InChI is InChI=1S/C79H52N2/c1-3-17-53(18-4-1)56-41-45-63(46-42-56)79(73-29-11-7-25-67(73)68-26-8-12-30-74(68)79)64-21-15-19-59(49-64)57-37-33-54(34-38-57)55-35-39-58(40-36-55)60-20-16-24-66(50-60)81-76-32-14-10-28-70(76)72-52-62(44-48-78(72)81)61-43-47-77-71(51-61)69-27-9-13-31-75(69)80(77)65-22-5-2-6-23-65/h1-52H. The minimum Gasteiger partial charge on any atom is -0.309 e. The maximum Gasteiger partial charge on any atom is 0.0713 e. The summed E-state index contributed by atoms with van der Waals surface area (Å²) in [6.07, 6.45) is 0. The molecule has 0 unspecified atom stereocenters. The van der Waals surface area contributed by atoms with Gasteiger partial charge in [-0.2, -0.15) is 0 Å². The van der Waals surface area contributed by atoms with Gasteiger partial charge in [0.25, 0.3) is 0 Å². The highest BCUT2D eigenvalue weighted by atomic mass is 15.0. The van der Waals surface area contributed by atoms with Crippen LogP contribution in [-0.2, 0) is 5.41 Å². The summed E-state index contributed by atoms with van der Waals surface area (Å²) in [5.41, 5.74) is 26.3. The lowest BCUT2D eigenvalue weighted by Crippen LogP contribution is -2.28. The van der Waals surface area contributed by atoms with Crippen LogP contribution in [0, 0.1) is 0 Å². The first-order chi connectivity index (χ1) is 40.2. The van der Waals surface area contributed by atoms with Crippen molar-refractivity contribution in [1.29, 1.82) is 0 Å². The van der Waals surface area contributed by atoms with E-state index in [4.69, 9.17) is 0 Å². The molecule has 13 aromatic carbocycles. The van der Waals surface area contributed by atoms with Crippen LogP contribution >= 0.6 is 0 Å². The van der Waals surface area contributed by atoms with E-state index in [2.05, 4.69) is 325 Å². The molecule has 0 aliphatic heterocycles. The van der Waals surface area contributed by atoms with Gasteiger partial charge in [-0.05, 0) is 156 Å². The molecule has 16 rings (SSSR count). The number of rotatable bonds is 9. The zero-order chi connectivity index (χ0) is 53.4. The van der Waals surface area contributed by atoms with E-state index < -0.39 is 5.41 Å². The first kappa shape index (κ1) is 46.5. The van der Waals surface area contributed by atoms with E-state index in [9.17, 15) is 0 Å². The third kappa shape index (κ3) is 7.49. The van der Waals surface area contributed by atoms with Gasteiger partial charge in [-0.25, -0.2) is 0 Å². The Balaban J connectivity index is 0.700. The van der Waals surface area contributed by atoms with Crippen molar-refractivity contribution in [2.75, 3.05) is 0 Å². The van der Waals surface area contributed by atoms with Crippen molar-refractivity contribution >= 4 is 43.6 Å². The maximum absolute atomic E-state index is 2.43. The van der Waals surface area contributed by atoms with Crippen molar-refractivity contribution < 1.29 is 0 Å². The van der Waals surface area contributed by atoms with Gasteiger partial charge in [-0.15, -0.1) is 0 Å². The highest BCUT2D eigenvalue weighted by molar-refractivity contribution is 6.13. The maximum atomic E-state index is 2.43.